The number of rotatable bonds is 7. The summed E-state index contributed by atoms with van der Waals surface area (Å²) in [5.74, 6) is 1.10. The second-order valence-corrected chi connectivity index (χ2v) is 5.05. The SMILES string of the molecule is CCCCCSCC(C)(C)C(=O)O. The molecule has 0 fully saturated rings. The Balaban J connectivity index is 3.46. The molecule has 0 heterocycles. The zero-order chi connectivity index (χ0) is 10.3. The number of thioether (sulfide) groups is 1. The van der Waals surface area contributed by atoms with Crippen LogP contribution >= 0.6 is 11.8 Å². The molecule has 0 amide bonds. The maximum Gasteiger partial charge on any atom is 0.309 e. The van der Waals surface area contributed by atoms with Gasteiger partial charge in [0, 0.05) is 5.75 Å². The van der Waals surface area contributed by atoms with Gasteiger partial charge in [-0.15, -0.1) is 0 Å². The van der Waals surface area contributed by atoms with Crippen molar-refractivity contribution >= 4 is 17.7 Å². The molecule has 0 aromatic heterocycles. The van der Waals surface area contributed by atoms with Crippen molar-refractivity contribution in [3.05, 3.63) is 0 Å². The van der Waals surface area contributed by atoms with Crippen molar-refractivity contribution < 1.29 is 9.90 Å². The van der Waals surface area contributed by atoms with E-state index in [2.05, 4.69) is 6.92 Å². The summed E-state index contributed by atoms with van der Waals surface area (Å²) in [6, 6.07) is 0. The van der Waals surface area contributed by atoms with Crippen LogP contribution in [0.1, 0.15) is 40.0 Å². The molecule has 0 rings (SSSR count). The quantitative estimate of drug-likeness (QED) is 0.648. The highest BCUT2D eigenvalue weighted by atomic mass is 32.2. The second-order valence-electron chi connectivity index (χ2n) is 3.95. The van der Waals surface area contributed by atoms with Crippen molar-refractivity contribution in [1.82, 2.24) is 0 Å². The number of carboxylic acid groups (broad SMARTS) is 1. The molecule has 0 aliphatic carbocycles. The fourth-order valence-electron chi connectivity index (χ4n) is 0.843. The van der Waals surface area contributed by atoms with Crippen LogP contribution in [0.2, 0.25) is 0 Å². The van der Waals surface area contributed by atoms with Crippen LogP contribution in [0, 0.1) is 5.41 Å². The van der Waals surface area contributed by atoms with Gasteiger partial charge in [0.05, 0.1) is 5.41 Å². The summed E-state index contributed by atoms with van der Waals surface area (Å²) in [7, 11) is 0. The van der Waals surface area contributed by atoms with Crippen LogP contribution in [0.25, 0.3) is 0 Å². The summed E-state index contributed by atoms with van der Waals surface area (Å²) in [6.45, 7) is 5.73. The van der Waals surface area contributed by atoms with E-state index in [4.69, 9.17) is 5.11 Å². The first-order valence-electron chi connectivity index (χ1n) is 4.82. The lowest BCUT2D eigenvalue weighted by atomic mass is 9.97. The first-order chi connectivity index (χ1) is 6.00. The van der Waals surface area contributed by atoms with Gasteiger partial charge in [-0.25, -0.2) is 0 Å². The zero-order valence-electron chi connectivity index (χ0n) is 8.80. The lowest BCUT2D eigenvalue weighted by molar-refractivity contribution is -0.145. The molecular weight excluding hydrogens is 184 g/mol. The van der Waals surface area contributed by atoms with E-state index < -0.39 is 11.4 Å². The minimum absolute atomic E-state index is 0.573. The molecule has 0 atom stereocenters. The topological polar surface area (TPSA) is 37.3 Å². The van der Waals surface area contributed by atoms with Gasteiger partial charge in [0.25, 0.3) is 0 Å². The van der Waals surface area contributed by atoms with E-state index in [0.717, 1.165) is 5.75 Å². The van der Waals surface area contributed by atoms with Crippen molar-refractivity contribution in [2.24, 2.45) is 5.41 Å². The van der Waals surface area contributed by atoms with Gasteiger partial charge >= 0.3 is 5.97 Å². The third-order valence-electron chi connectivity index (χ3n) is 1.93. The maximum atomic E-state index is 10.7. The normalized spacial score (nSPS) is 11.6. The van der Waals surface area contributed by atoms with Gasteiger partial charge in [0.1, 0.15) is 0 Å². The highest BCUT2D eigenvalue weighted by molar-refractivity contribution is 7.99. The Morgan fingerprint density at radius 3 is 2.46 bits per heavy atom. The molecule has 1 N–H and O–H groups in total. The Labute approximate surface area is 85.1 Å². The smallest absolute Gasteiger partial charge is 0.309 e. The molecule has 0 saturated carbocycles. The highest BCUT2D eigenvalue weighted by Gasteiger charge is 2.26. The van der Waals surface area contributed by atoms with Crippen LogP contribution < -0.4 is 0 Å². The Morgan fingerprint density at radius 1 is 1.38 bits per heavy atom. The number of carbonyl (C=O) groups is 1. The molecule has 0 aliphatic heterocycles. The minimum Gasteiger partial charge on any atom is -0.481 e. The summed E-state index contributed by atoms with van der Waals surface area (Å²) >= 11 is 1.75. The van der Waals surface area contributed by atoms with E-state index in [0.29, 0.717) is 5.75 Å². The van der Waals surface area contributed by atoms with Gasteiger partial charge in [0.15, 0.2) is 0 Å². The fourth-order valence-corrected chi connectivity index (χ4v) is 2.03. The van der Waals surface area contributed by atoms with Crippen LogP contribution in [0.5, 0.6) is 0 Å². The number of hydrogen-bond acceptors (Lipinski definition) is 2. The monoisotopic (exact) mass is 204 g/mol. The molecule has 0 saturated heterocycles. The lowest BCUT2D eigenvalue weighted by Gasteiger charge is -2.17. The maximum absolute atomic E-state index is 10.7. The van der Waals surface area contributed by atoms with Crippen molar-refractivity contribution in [2.75, 3.05) is 11.5 Å². The molecule has 13 heavy (non-hydrogen) atoms. The average molecular weight is 204 g/mol. The van der Waals surface area contributed by atoms with E-state index in [1.807, 2.05) is 0 Å². The third-order valence-corrected chi connectivity index (χ3v) is 3.44. The summed E-state index contributed by atoms with van der Waals surface area (Å²) in [5, 5.41) is 8.83. The third kappa shape index (κ3) is 5.97. The van der Waals surface area contributed by atoms with Crippen molar-refractivity contribution in [2.45, 2.75) is 40.0 Å². The van der Waals surface area contributed by atoms with Crippen molar-refractivity contribution in [3.8, 4) is 0 Å². The molecule has 78 valence electrons. The largest absolute Gasteiger partial charge is 0.481 e. The molecule has 0 aliphatic rings. The molecule has 0 bridgehead atoms. The predicted molar refractivity (Wildman–Crippen MR) is 58.3 cm³/mol. The Kier molecular flexibility index (Phi) is 6.21. The van der Waals surface area contributed by atoms with Gasteiger partial charge in [-0.3, -0.25) is 4.79 Å². The Morgan fingerprint density at radius 2 is 2.00 bits per heavy atom. The molecule has 3 heteroatoms. The molecule has 0 unspecified atom stereocenters. The molecule has 0 spiro atoms. The minimum atomic E-state index is -0.699. The molecule has 0 aromatic carbocycles. The van der Waals surface area contributed by atoms with Crippen LogP contribution in [-0.4, -0.2) is 22.6 Å². The van der Waals surface area contributed by atoms with Crippen LogP contribution in [0.4, 0.5) is 0 Å². The van der Waals surface area contributed by atoms with Crippen molar-refractivity contribution in [3.63, 3.8) is 0 Å². The summed E-state index contributed by atoms with van der Waals surface area (Å²) in [6.07, 6.45) is 3.68. The van der Waals surface area contributed by atoms with E-state index in [9.17, 15) is 4.79 Å². The number of unbranched alkanes of at least 4 members (excludes halogenated alkanes) is 2. The second kappa shape index (κ2) is 6.30. The Bertz CT molecular complexity index is 155. The van der Waals surface area contributed by atoms with Gasteiger partial charge in [-0.05, 0) is 26.0 Å². The summed E-state index contributed by atoms with van der Waals surface area (Å²) in [4.78, 5) is 10.7. The summed E-state index contributed by atoms with van der Waals surface area (Å²) < 4.78 is 0. The Hall–Kier alpha value is -0.180. The number of carboxylic acids is 1. The van der Waals surface area contributed by atoms with Crippen LogP contribution in [0.15, 0.2) is 0 Å². The zero-order valence-corrected chi connectivity index (χ0v) is 9.62. The van der Waals surface area contributed by atoms with Crippen LogP contribution in [0.3, 0.4) is 0 Å². The fraction of sp³-hybridized carbons (Fsp3) is 0.900. The van der Waals surface area contributed by atoms with E-state index in [1.165, 1.54) is 19.3 Å². The van der Waals surface area contributed by atoms with Crippen LogP contribution in [-0.2, 0) is 4.79 Å². The molecular formula is C10H20O2S. The van der Waals surface area contributed by atoms with Gasteiger partial charge in [-0.1, -0.05) is 19.8 Å². The summed E-state index contributed by atoms with van der Waals surface area (Å²) in [5.41, 5.74) is -0.573. The van der Waals surface area contributed by atoms with Gasteiger partial charge in [-0.2, -0.15) is 11.8 Å². The van der Waals surface area contributed by atoms with E-state index in [-0.39, 0.29) is 0 Å². The number of hydrogen-bond donors (Lipinski definition) is 1. The molecule has 0 aromatic rings. The first kappa shape index (κ1) is 12.8. The highest BCUT2D eigenvalue weighted by Crippen LogP contribution is 2.22. The molecule has 2 nitrogen and oxygen atoms in total. The first-order valence-corrected chi connectivity index (χ1v) is 5.97. The lowest BCUT2D eigenvalue weighted by Crippen LogP contribution is -2.26. The number of aliphatic carboxylic acids is 1. The van der Waals surface area contributed by atoms with Gasteiger partial charge in [0.2, 0.25) is 0 Å². The average Bonchev–Trinajstić information content (AvgIpc) is 2.03. The van der Waals surface area contributed by atoms with Crippen molar-refractivity contribution in [1.29, 1.82) is 0 Å². The van der Waals surface area contributed by atoms with E-state index in [1.54, 1.807) is 25.6 Å². The standard InChI is InChI=1S/C10H20O2S/c1-4-5-6-7-13-8-10(2,3)9(11)12/h4-8H2,1-3H3,(H,11,12). The predicted octanol–water partition coefficient (Wildman–Crippen LogP) is 3.02. The molecule has 0 radical (unpaired) electrons. The van der Waals surface area contributed by atoms with Gasteiger partial charge < -0.3 is 5.11 Å². The van der Waals surface area contributed by atoms with E-state index >= 15 is 0 Å².